The molecule has 3 aromatic rings. The van der Waals surface area contributed by atoms with Crippen LogP contribution in [0.1, 0.15) is 41.3 Å². The van der Waals surface area contributed by atoms with Crippen LogP contribution in [0.15, 0.2) is 42.5 Å². The van der Waals surface area contributed by atoms with Crippen LogP contribution in [0.3, 0.4) is 0 Å². The van der Waals surface area contributed by atoms with Gasteiger partial charge in [0, 0.05) is 24.7 Å². The maximum Gasteiger partial charge on any atom is 0.303 e. The number of benzene rings is 2. The molecule has 1 aliphatic rings. The molecule has 31 heavy (non-hydrogen) atoms. The summed E-state index contributed by atoms with van der Waals surface area (Å²) in [7, 11) is 3.69. The van der Waals surface area contributed by atoms with Crippen molar-refractivity contribution in [2.45, 2.75) is 38.5 Å². The van der Waals surface area contributed by atoms with Gasteiger partial charge in [-0.15, -0.1) is 0 Å². The quantitative estimate of drug-likeness (QED) is 0.580. The first-order valence-electron chi connectivity index (χ1n) is 10.6. The second-order valence-electron chi connectivity index (χ2n) is 8.05. The Kier molecular flexibility index (Phi) is 5.98. The van der Waals surface area contributed by atoms with E-state index in [-0.39, 0.29) is 12.3 Å². The second kappa shape index (κ2) is 8.84. The Labute approximate surface area is 182 Å². The first-order valence-corrected chi connectivity index (χ1v) is 10.6. The fraction of sp³-hybridized carbons (Fsp3) is 0.360. The fourth-order valence-electron chi connectivity index (χ4n) is 4.48. The average molecular weight is 421 g/mol. The predicted molar refractivity (Wildman–Crippen MR) is 119 cm³/mol. The standard InChI is InChI=1S/C25H28N2O4/c1-16-23(27(2)25(26-16)17-6-8-20(30-3)9-7-17)12-13-31-21-10-11-22-18(14-21)4-5-19(22)15-24(28)29/h6-11,14,19H,4-5,12-13,15H2,1-3H3,(H,28,29)/t19-/m0/s1. The van der Waals surface area contributed by atoms with Crippen molar-refractivity contribution in [2.75, 3.05) is 13.7 Å². The molecule has 4 rings (SSSR count). The zero-order valence-electron chi connectivity index (χ0n) is 18.2. The summed E-state index contributed by atoms with van der Waals surface area (Å²) in [5.41, 5.74) is 5.56. The van der Waals surface area contributed by atoms with E-state index in [4.69, 9.17) is 19.6 Å². The van der Waals surface area contributed by atoms with Crippen LogP contribution in [0.2, 0.25) is 0 Å². The van der Waals surface area contributed by atoms with E-state index in [1.165, 1.54) is 5.56 Å². The molecule has 1 N–H and O–H groups in total. The minimum atomic E-state index is -0.737. The number of imidazole rings is 1. The number of carboxylic acids is 1. The highest BCUT2D eigenvalue weighted by Gasteiger charge is 2.25. The number of ether oxygens (including phenoxy) is 2. The van der Waals surface area contributed by atoms with Gasteiger partial charge in [0.05, 0.1) is 25.8 Å². The van der Waals surface area contributed by atoms with Crippen molar-refractivity contribution in [1.82, 2.24) is 9.55 Å². The molecule has 0 radical (unpaired) electrons. The number of aromatic nitrogens is 2. The Morgan fingerprint density at radius 1 is 1.19 bits per heavy atom. The van der Waals surface area contributed by atoms with E-state index in [1.807, 2.05) is 50.4 Å². The summed E-state index contributed by atoms with van der Waals surface area (Å²) in [5, 5.41) is 9.08. The molecule has 0 spiro atoms. The zero-order valence-corrected chi connectivity index (χ0v) is 18.2. The first-order chi connectivity index (χ1) is 15.0. The lowest BCUT2D eigenvalue weighted by atomic mass is 9.98. The molecule has 1 aromatic heterocycles. The summed E-state index contributed by atoms with van der Waals surface area (Å²) >= 11 is 0. The molecule has 0 saturated carbocycles. The summed E-state index contributed by atoms with van der Waals surface area (Å²) in [6.07, 6.45) is 2.76. The van der Waals surface area contributed by atoms with Crippen LogP contribution in [0.5, 0.6) is 11.5 Å². The molecule has 0 bridgehead atoms. The van der Waals surface area contributed by atoms with Crippen molar-refractivity contribution >= 4 is 5.97 Å². The number of fused-ring (bicyclic) bond motifs is 1. The largest absolute Gasteiger partial charge is 0.497 e. The number of nitrogens with zero attached hydrogens (tertiary/aromatic N) is 2. The van der Waals surface area contributed by atoms with E-state index in [1.54, 1.807) is 7.11 Å². The number of methoxy groups -OCH3 is 1. The van der Waals surface area contributed by atoms with Crippen LogP contribution < -0.4 is 9.47 Å². The zero-order chi connectivity index (χ0) is 22.0. The Morgan fingerprint density at radius 3 is 2.65 bits per heavy atom. The molecule has 0 fully saturated rings. The van der Waals surface area contributed by atoms with Gasteiger partial charge in [0.15, 0.2) is 0 Å². The summed E-state index contributed by atoms with van der Waals surface area (Å²) in [5.74, 6) is 1.97. The number of carbonyl (C=O) groups is 1. The van der Waals surface area contributed by atoms with Crippen LogP contribution in [-0.4, -0.2) is 34.3 Å². The molecule has 0 amide bonds. The molecule has 1 aliphatic carbocycles. The van der Waals surface area contributed by atoms with Gasteiger partial charge >= 0.3 is 5.97 Å². The SMILES string of the molecule is COc1ccc(-c2nc(C)c(CCOc3ccc4c(c3)CC[C@H]4CC(=O)O)n2C)cc1. The van der Waals surface area contributed by atoms with Gasteiger partial charge in [-0.2, -0.15) is 0 Å². The van der Waals surface area contributed by atoms with Crippen molar-refractivity contribution < 1.29 is 19.4 Å². The van der Waals surface area contributed by atoms with E-state index in [2.05, 4.69) is 10.6 Å². The molecule has 0 aliphatic heterocycles. The number of hydrogen-bond acceptors (Lipinski definition) is 4. The third-order valence-corrected chi connectivity index (χ3v) is 6.11. The monoisotopic (exact) mass is 420 g/mol. The smallest absolute Gasteiger partial charge is 0.303 e. The topological polar surface area (TPSA) is 73.6 Å². The number of aryl methyl sites for hydroxylation is 2. The Hall–Kier alpha value is -3.28. The van der Waals surface area contributed by atoms with E-state index < -0.39 is 5.97 Å². The van der Waals surface area contributed by atoms with Crippen molar-refractivity contribution in [3.8, 4) is 22.9 Å². The molecule has 2 aromatic carbocycles. The maximum atomic E-state index is 11.0. The number of aliphatic carboxylic acids is 1. The van der Waals surface area contributed by atoms with Crippen molar-refractivity contribution in [3.05, 3.63) is 65.0 Å². The third-order valence-electron chi connectivity index (χ3n) is 6.11. The lowest BCUT2D eigenvalue weighted by molar-refractivity contribution is -0.137. The van der Waals surface area contributed by atoms with Gasteiger partial charge in [0.1, 0.15) is 17.3 Å². The predicted octanol–water partition coefficient (Wildman–Crippen LogP) is 4.53. The number of carboxylic acid groups (broad SMARTS) is 1. The lowest BCUT2D eigenvalue weighted by Crippen LogP contribution is -2.07. The molecular weight excluding hydrogens is 392 g/mol. The van der Waals surface area contributed by atoms with Crippen LogP contribution in [0.25, 0.3) is 11.4 Å². The molecule has 1 atom stereocenters. The summed E-state index contributed by atoms with van der Waals surface area (Å²) < 4.78 is 13.4. The Balaban J connectivity index is 1.41. The Bertz CT molecular complexity index is 1090. The molecule has 1 heterocycles. The van der Waals surface area contributed by atoms with Crippen LogP contribution in [0, 0.1) is 6.92 Å². The average Bonchev–Trinajstić information content (AvgIpc) is 3.28. The number of hydrogen-bond donors (Lipinski definition) is 1. The van der Waals surface area contributed by atoms with Crippen molar-refractivity contribution in [1.29, 1.82) is 0 Å². The molecule has 6 heteroatoms. The van der Waals surface area contributed by atoms with E-state index in [0.29, 0.717) is 6.61 Å². The maximum absolute atomic E-state index is 11.0. The van der Waals surface area contributed by atoms with Gasteiger partial charge in [-0.05, 0) is 73.2 Å². The second-order valence-corrected chi connectivity index (χ2v) is 8.05. The van der Waals surface area contributed by atoms with Crippen molar-refractivity contribution in [3.63, 3.8) is 0 Å². The first kappa shape index (κ1) is 21.0. The van der Waals surface area contributed by atoms with Gasteiger partial charge in [0.2, 0.25) is 0 Å². The van der Waals surface area contributed by atoms with Gasteiger partial charge in [0.25, 0.3) is 0 Å². The minimum absolute atomic E-state index is 0.120. The summed E-state index contributed by atoms with van der Waals surface area (Å²) in [4.78, 5) is 15.8. The van der Waals surface area contributed by atoms with E-state index in [0.717, 1.165) is 59.1 Å². The number of rotatable bonds is 8. The highest BCUT2D eigenvalue weighted by atomic mass is 16.5. The van der Waals surface area contributed by atoms with Gasteiger partial charge in [-0.3, -0.25) is 4.79 Å². The summed E-state index contributed by atoms with van der Waals surface area (Å²) in [6.45, 7) is 2.58. The fourth-order valence-corrected chi connectivity index (χ4v) is 4.48. The highest BCUT2D eigenvalue weighted by molar-refractivity contribution is 5.68. The van der Waals surface area contributed by atoms with Crippen LogP contribution >= 0.6 is 0 Å². The molecule has 0 unspecified atom stereocenters. The van der Waals surface area contributed by atoms with Gasteiger partial charge in [-0.1, -0.05) is 6.07 Å². The highest BCUT2D eigenvalue weighted by Crippen LogP contribution is 2.37. The van der Waals surface area contributed by atoms with E-state index in [9.17, 15) is 4.79 Å². The van der Waals surface area contributed by atoms with Gasteiger partial charge in [-0.25, -0.2) is 4.98 Å². The normalized spacial score (nSPS) is 15.0. The lowest BCUT2D eigenvalue weighted by Gasteiger charge is -2.12. The van der Waals surface area contributed by atoms with Crippen LogP contribution in [-0.2, 0) is 24.7 Å². The van der Waals surface area contributed by atoms with E-state index >= 15 is 0 Å². The Morgan fingerprint density at radius 2 is 1.94 bits per heavy atom. The molecule has 0 saturated heterocycles. The summed E-state index contributed by atoms with van der Waals surface area (Å²) in [6, 6.07) is 14.0. The van der Waals surface area contributed by atoms with Crippen molar-refractivity contribution in [2.24, 2.45) is 7.05 Å². The molecule has 6 nitrogen and oxygen atoms in total. The van der Waals surface area contributed by atoms with Crippen LogP contribution in [0.4, 0.5) is 0 Å². The molecule has 162 valence electrons. The van der Waals surface area contributed by atoms with Gasteiger partial charge < -0.3 is 19.1 Å². The minimum Gasteiger partial charge on any atom is -0.497 e. The molecular formula is C25H28N2O4. The third kappa shape index (κ3) is 4.43.